The van der Waals surface area contributed by atoms with Crippen LogP contribution in [0, 0.1) is 5.92 Å². The summed E-state index contributed by atoms with van der Waals surface area (Å²) in [6.07, 6.45) is 6.90. The molecule has 1 amide bonds. The van der Waals surface area contributed by atoms with Gasteiger partial charge in [0.2, 0.25) is 0 Å². The van der Waals surface area contributed by atoms with Crippen molar-refractivity contribution in [1.29, 1.82) is 0 Å². The first-order valence-electron chi connectivity index (χ1n) is 11.9. The Morgan fingerprint density at radius 3 is 2.81 bits per heavy atom. The number of thiophene rings is 1. The zero-order valence-corrected chi connectivity index (χ0v) is 19.2. The van der Waals surface area contributed by atoms with Crippen molar-refractivity contribution in [3.63, 3.8) is 0 Å². The maximum Gasteiger partial charge on any atom is 0.410 e. The SMILES string of the molecule is O=C(OCc1ccccc1)N1CCC23CCCC[C@@H]2[C@@H]1Cc1ccc(-c2cccs2)cc13. The van der Waals surface area contributed by atoms with E-state index >= 15 is 0 Å². The van der Waals surface area contributed by atoms with Crippen molar-refractivity contribution in [3.05, 3.63) is 82.7 Å². The fourth-order valence-electron chi connectivity index (χ4n) is 6.63. The minimum atomic E-state index is -0.142. The zero-order chi connectivity index (χ0) is 21.5. The van der Waals surface area contributed by atoms with Gasteiger partial charge in [0.25, 0.3) is 0 Å². The first kappa shape index (κ1) is 20.0. The van der Waals surface area contributed by atoms with Crippen molar-refractivity contribution in [2.75, 3.05) is 6.54 Å². The predicted octanol–water partition coefficient (Wildman–Crippen LogP) is 6.81. The van der Waals surface area contributed by atoms with Crippen molar-refractivity contribution in [1.82, 2.24) is 4.90 Å². The second-order valence-electron chi connectivity index (χ2n) is 9.61. The number of fused-ring (bicyclic) bond motifs is 1. The maximum atomic E-state index is 13.2. The fraction of sp³-hybridized carbons (Fsp3) is 0.393. The molecular weight excluding hydrogens is 414 g/mol. The maximum absolute atomic E-state index is 13.2. The minimum absolute atomic E-state index is 0.142. The largest absolute Gasteiger partial charge is 0.445 e. The van der Waals surface area contributed by atoms with Crippen molar-refractivity contribution in [2.24, 2.45) is 5.92 Å². The molecule has 6 rings (SSSR count). The monoisotopic (exact) mass is 443 g/mol. The van der Waals surface area contributed by atoms with Gasteiger partial charge in [0.05, 0.1) is 0 Å². The van der Waals surface area contributed by atoms with E-state index in [1.807, 2.05) is 41.7 Å². The number of hydrogen-bond donors (Lipinski definition) is 0. The van der Waals surface area contributed by atoms with Crippen molar-refractivity contribution >= 4 is 17.4 Å². The third-order valence-electron chi connectivity index (χ3n) is 8.08. The Kier molecular flexibility index (Phi) is 5.06. The molecule has 0 spiro atoms. The van der Waals surface area contributed by atoms with Gasteiger partial charge >= 0.3 is 6.09 Å². The first-order valence-corrected chi connectivity index (χ1v) is 12.8. The molecule has 3 nitrogen and oxygen atoms in total. The molecule has 32 heavy (non-hydrogen) atoms. The molecule has 1 saturated carbocycles. The third kappa shape index (κ3) is 3.27. The predicted molar refractivity (Wildman–Crippen MR) is 129 cm³/mol. The van der Waals surface area contributed by atoms with Gasteiger partial charge in [0, 0.05) is 22.9 Å². The number of amides is 1. The number of carbonyl (C=O) groups is 1. The van der Waals surface area contributed by atoms with E-state index in [-0.39, 0.29) is 17.6 Å². The summed E-state index contributed by atoms with van der Waals surface area (Å²) in [4.78, 5) is 16.6. The minimum Gasteiger partial charge on any atom is -0.445 e. The molecule has 3 atom stereocenters. The molecule has 2 aromatic carbocycles. The normalized spacial score (nSPS) is 26.2. The highest BCUT2D eigenvalue weighted by molar-refractivity contribution is 7.13. The average molecular weight is 444 g/mol. The summed E-state index contributed by atoms with van der Waals surface area (Å²) in [6, 6.07) is 21.7. The average Bonchev–Trinajstić information content (AvgIpc) is 3.38. The van der Waals surface area contributed by atoms with Crippen LogP contribution in [0.25, 0.3) is 10.4 Å². The first-order chi connectivity index (χ1) is 15.7. The number of carbonyl (C=O) groups excluding carboxylic acids is 1. The summed E-state index contributed by atoms with van der Waals surface area (Å²) in [5, 5.41) is 2.16. The van der Waals surface area contributed by atoms with Crippen LogP contribution in [0.3, 0.4) is 0 Å². The highest BCUT2D eigenvalue weighted by atomic mass is 32.1. The number of hydrogen-bond acceptors (Lipinski definition) is 3. The van der Waals surface area contributed by atoms with Crippen molar-refractivity contribution < 1.29 is 9.53 Å². The quantitative estimate of drug-likeness (QED) is 0.445. The van der Waals surface area contributed by atoms with E-state index in [1.165, 1.54) is 41.7 Å². The Balaban J connectivity index is 1.31. The van der Waals surface area contributed by atoms with Gasteiger partial charge in [0.15, 0.2) is 0 Å². The van der Waals surface area contributed by atoms with E-state index in [0.29, 0.717) is 12.5 Å². The molecule has 3 aliphatic rings. The van der Waals surface area contributed by atoms with E-state index < -0.39 is 0 Å². The zero-order valence-electron chi connectivity index (χ0n) is 18.3. The van der Waals surface area contributed by atoms with Crippen LogP contribution in [-0.4, -0.2) is 23.6 Å². The molecule has 0 radical (unpaired) electrons. The number of benzene rings is 2. The Hall–Kier alpha value is -2.59. The van der Waals surface area contributed by atoms with Gasteiger partial charge in [0.1, 0.15) is 6.61 Å². The van der Waals surface area contributed by atoms with Gasteiger partial charge in [-0.1, -0.05) is 61.4 Å². The lowest BCUT2D eigenvalue weighted by atomic mass is 9.52. The van der Waals surface area contributed by atoms with Crippen LogP contribution in [0.4, 0.5) is 4.79 Å². The van der Waals surface area contributed by atoms with Crippen molar-refractivity contribution in [3.8, 4) is 10.4 Å². The topological polar surface area (TPSA) is 29.5 Å². The molecule has 1 aromatic heterocycles. The molecule has 1 aliphatic heterocycles. The molecule has 2 aliphatic carbocycles. The van der Waals surface area contributed by atoms with Crippen LogP contribution in [0.15, 0.2) is 66.0 Å². The van der Waals surface area contributed by atoms with Gasteiger partial charge in [-0.2, -0.15) is 0 Å². The Bertz CT molecular complexity index is 1110. The van der Waals surface area contributed by atoms with Crippen LogP contribution in [0.2, 0.25) is 0 Å². The summed E-state index contributed by atoms with van der Waals surface area (Å²) in [5.41, 5.74) is 5.62. The smallest absolute Gasteiger partial charge is 0.410 e. The molecule has 2 fully saturated rings. The highest BCUT2D eigenvalue weighted by Gasteiger charge is 2.55. The molecule has 164 valence electrons. The third-order valence-corrected chi connectivity index (χ3v) is 9.00. The van der Waals surface area contributed by atoms with E-state index in [2.05, 4.69) is 40.6 Å². The van der Waals surface area contributed by atoms with Crippen LogP contribution in [0.5, 0.6) is 0 Å². The van der Waals surface area contributed by atoms with Gasteiger partial charge in [-0.15, -0.1) is 11.3 Å². The summed E-state index contributed by atoms with van der Waals surface area (Å²) in [7, 11) is 0. The fourth-order valence-corrected chi connectivity index (χ4v) is 7.35. The number of likely N-dealkylation sites (tertiary alicyclic amines) is 1. The van der Waals surface area contributed by atoms with E-state index in [4.69, 9.17) is 4.74 Å². The summed E-state index contributed by atoms with van der Waals surface area (Å²) < 4.78 is 5.78. The lowest BCUT2D eigenvalue weighted by molar-refractivity contribution is -0.0136. The standard InChI is InChI=1S/C28H29NO2S/c30-27(31-19-20-7-2-1-3-8-20)29-15-14-28-13-5-4-9-23(28)25(29)18-21-11-12-22(17-24(21)28)26-10-6-16-32-26/h1-3,6-8,10-12,16-17,23,25H,4-5,9,13-15,18-19H2/t23-,25+,28?/m1/s1. The summed E-state index contributed by atoms with van der Waals surface area (Å²) in [6.45, 7) is 1.15. The number of ether oxygens (including phenoxy) is 1. The van der Waals surface area contributed by atoms with Gasteiger partial charge < -0.3 is 9.64 Å². The number of nitrogens with zero attached hydrogens (tertiary/aromatic N) is 1. The van der Waals surface area contributed by atoms with E-state index in [0.717, 1.165) is 24.9 Å². The van der Waals surface area contributed by atoms with Gasteiger partial charge in [-0.3, -0.25) is 0 Å². The van der Waals surface area contributed by atoms with Crippen LogP contribution >= 0.6 is 11.3 Å². The molecule has 2 heterocycles. The van der Waals surface area contributed by atoms with Gasteiger partial charge in [-0.05, 0) is 71.4 Å². The Labute approximate surface area is 194 Å². The second kappa shape index (κ2) is 8.08. The van der Waals surface area contributed by atoms with E-state index in [9.17, 15) is 4.79 Å². The molecule has 1 saturated heterocycles. The molecule has 3 aromatic rings. The molecular formula is C28H29NO2S. The highest BCUT2D eigenvalue weighted by Crippen LogP contribution is 2.56. The summed E-state index contributed by atoms with van der Waals surface area (Å²) in [5.74, 6) is 0.542. The number of piperidine rings is 1. The van der Waals surface area contributed by atoms with Crippen LogP contribution < -0.4 is 0 Å². The lowest BCUT2D eigenvalue weighted by Crippen LogP contribution is -2.62. The van der Waals surface area contributed by atoms with Crippen LogP contribution in [0.1, 0.15) is 48.8 Å². The molecule has 4 heteroatoms. The molecule has 0 N–H and O–H groups in total. The molecule has 1 unspecified atom stereocenters. The van der Waals surface area contributed by atoms with E-state index in [1.54, 1.807) is 5.56 Å². The molecule has 2 bridgehead atoms. The second-order valence-corrected chi connectivity index (χ2v) is 10.6. The Morgan fingerprint density at radius 2 is 1.97 bits per heavy atom. The summed E-state index contributed by atoms with van der Waals surface area (Å²) >= 11 is 1.82. The lowest BCUT2D eigenvalue weighted by Gasteiger charge is -2.58. The van der Waals surface area contributed by atoms with Crippen LogP contribution in [-0.2, 0) is 23.2 Å². The number of rotatable bonds is 3. The van der Waals surface area contributed by atoms with Crippen molar-refractivity contribution in [2.45, 2.75) is 56.6 Å². The van der Waals surface area contributed by atoms with Gasteiger partial charge in [-0.25, -0.2) is 4.79 Å². The Morgan fingerprint density at radius 1 is 1.06 bits per heavy atom.